The second-order valence-corrected chi connectivity index (χ2v) is 6.99. The summed E-state index contributed by atoms with van der Waals surface area (Å²) in [5.74, 6) is -0.415. The van der Waals surface area contributed by atoms with Crippen molar-refractivity contribution >= 4 is 34.0 Å². The third kappa shape index (κ3) is 4.25. The highest BCUT2D eigenvalue weighted by atomic mass is 16.2. The molecule has 0 atom stereocenters. The molecule has 0 unspecified atom stereocenters. The molecule has 0 fully saturated rings. The molecular weight excluding hydrogens is 356 g/mol. The molecule has 0 saturated heterocycles. The van der Waals surface area contributed by atoms with E-state index < -0.39 is 5.91 Å². The first-order valence-corrected chi connectivity index (χ1v) is 9.04. The molecule has 0 saturated carbocycles. The molecule has 1 aromatic heterocycles. The second-order valence-electron chi connectivity index (χ2n) is 6.99. The normalized spacial score (nSPS) is 10.9. The summed E-state index contributed by atoms with van der Waals surface area (Å²) in [6.07, 6.45) is 0. The Morgan fingerprint density at radius 1 is 1.00 bits per heavy atom. The van der Waals surface area contributed by atoms with E-state index in [4.69, 9.17) is 0 Å². The third-order valence-corrected chi connectivity index (χ3v) is 4.06. The number of amides is 2. The van der Waals surface area contributed by atoms with Crippen LogP contribution in [0, 0.1) is 5.92 Å². The van der Waals surface area contributed by atoms with E-state index in [1.807, 2.05) is 13.8 Å². The fourth-order valence-corrected chi connectivity index (χ4v) is 2.94. The van der Waals surface area contributed by atoms with Gasteiger partial charge in [0.2, 0.25) is 5.91 Å². The Labute approximate surface area is 162 Å². The molecule has 0 aliphatic rings. The number of carbonyl (C=O) groups excluding carboxylic acids is 2. The number of hydrogen-bond donors (Lipinski definition) is 2. The molecule has 7 nitrogen and oxygen atoms in total. The van der Waals surface area contributed by atoms with E-state index in [9.17, 15) is 14.4 Å². The van der Waals surface area contributed by atoms with Gasteiger partial charge in [-0.25, -0.2) is 4.68 Å². The van der Waals surface area contributed by atoms with E-state index in [1.165, 1.54) is 11.6 Å². The lowest BCUT2D eigenvalue weighted by atomic mass is 10.1. The summed E-state index contributed by atoms with van der Waals surface area (Å²) in [7, 11) is 0. The Morgan fingerprint density at radius 2 is 1.64 bits per heavy atom. The highest BCUT2D eigenvalue weighted by molar-refractivity contribution is 6.11. The van der Waals surface area contributed by atoms with Crippen LogP contribution in [-0.4, -0.2) is 21.6 Å². The predicted molar refractivity (Wildman–Crippen MR) is 110 cm³/mol. The molecule has 2 amide bonds. The van der Waals surface area contributed by atoms with E-state index in [2.05, 4.69) is 15.7 Å². The maximum atomic E-state index is 12.9. The van der Waals surface area contributed by atoms with Gasteiger partial charge in [0.1, 0.15) is 0 Å². The lowest BCUT2D eigenvalue weighted by Gasteiger charge is -2.13. The van der Waals surface area contributed by atoms with Crippen molar-refractivity contribution in [2.45, 2.75) is 27.3 Å². The van der Waals surface area contributed by atoms with E-state index >= 15 is 0 Å². The summed E-state index contributed by atoms with van der Waals surface area (Å²) in [5.41, 5.74) is 1.06. The number of benzene rings is 2. The van der Waals surface area contributed by atoms with Crippen LogP contribution in [-0.2, 0) is 11.3 Å². The Bertz CT molecular complexity index is 1100. The fraction of sp³-hybridized carbons (Fsp3) is 0.238. The van der Waals surface area contributed by atoms with Crippen molar-refractivity contribution in [3.05, 3.63) is 64.6 Å². The van der Waals surface area contributed by atoms with Gasteiger partial charge in [-0.2, -0.15) is 5.10 Å². The Balaban J connectivity index is 2.00. The minimum atomic E-state index is -0.423. The highest BCUT2D eigenvalue weighted by Gasteiger charge is 2.17. The minimum Gasteiger partial charge on any atom is -0.326 e. The number of nitrogens with one attached hydrogen (secondary N) is 2. The highest BCUT2D eigenvalue weighted by Crippen LogP contribution is 2.18. The van der Waals surface area contributed by atoms with E-state index in [0.717, 1.165) is 0 Å². The molecule has 28 heavy (non-hydrogen) atoms. The number of fused-ring (bicyclic) bond motifs is 1. The van der Waals surface area contributed by atoms with Gasteiger partial charge >= 0.3 is 0 Å². The van der Waals surface area contributed by atoms with Crippen molar-refractivity contribution in [3.8, 4) is 0 Å². The summed E-state index contributed by atoms with van der Waals surface area (Å²) in [6, 6.07) is 13.8. The molecule has 7 heteroatoms. The van der Waals surface area contributed by atoms with Gasteiger partial charge in [0.05, 0.1) is 5.39 Å². The van der Waals surface area contributed by atoms with Crippen molar-refractivity contribution in [2.75, 3.05) is 10.6 Å². The van der Waals surface area contributed by atoms with Crippen LogP contribution >= 0.6 is 0 Å². The van der Waals surface area contributed by atoms with Gasteiger partial charge in [-0.15, -0.1) is 0 Å². The molecule has 1 heterocycles. The molecule has 0 aliphatic carbocycles. The zero-order valence-corrected chi connectivity index (χ0v) is 16.0. The smallest absolute Gasteiger partial charge is 0.276 e. The van der Waals surface area contributed by atoms with Crippen molar-refractivity contribution in [2.24, 2.45) is 5.92 Å². The lowest BCUT2D eigenvalue weighted by molar-refractivity contribution is -0.114. The van der Waals surface area contributed by atoms with Crippen molar-refractivity contribution in [1.82, 2.24) is 9.78 Å². The van der Waals surface area contributed by atoms with Crippen LogP contribution in [0.1, 0.15) is 31.3 Å². The average molecular weight is 378 g/mol. The Kier molecular flexibility index (Phi) is 5.54. The second kappa shape index (κ2) is 8.04. The first-order valence-electron chi connectivity index (χ1n) is 9.04. The number of hydrogen-bond acceptors (Lipinski definition) is 4. The van der Waals surface area contributed by atoms with Gasteiger partial charge < -0.3 is 10.6 Å². The number of anilines is 2. The van der Waals surface area contributed by atoms with Gasteiger partial charge in [0.15, 0.2) is 5.69 Å². The standard InChI is InChI=1S/C21H22N4O3/c1-13(2)12-25-21(28)18-10-5-4-9-17(18)19(24-25)20(27)23-16-8-6-7-15(11-16)22-14(3)26/h4-11,13H,12H2,1-3H3,(H,22,26)(H,23,27). The van der Waals surface area contributed by atoms with E-state index in [-0.39, 0.29) is 23.1 Å². The first kappa shape index (κ1) is 19.3. The van der Waals surface area contributed by atoms with Crippen LogP contribution in [0.2, 0.25) is 0 Å². The number of rotatable bonds is 5. The first-order chi connectivity index (χ1) is 13.3. The summed E-state index contributed by atoms with van der Waals surface area (Å²) in [6.45, 7) is 5.80. The molecule has 3 rings (SSSR count). The molecule has 0 bridgehead atoms. The number of nitrogens with zero attached hydrogens (tertiary/aromatic N) is 2. The molecule has 144 valence electrons. The molecule has 0 spiro atoms. The van der Waals surface area contributed by atoms with Gasteiger partial charge in [-0.3, -0.25) is 14.4 Å². The van der Waals surface area contributed by atoms with Crippen LogP contribution in [0.15, 0.2) is 53.3 Å². The zero-order valence-electron chi connectivity index (χ0n) is 16.0. The molecule has 2 aromatic carbocycles. The molecular formula is C21H22N4O3. The maximum absolute atomic E-state index is 12.9. The number of carbonyl (C=O) groups is 2. The predicted octanol–water partition coefficient (Wildman–Crippen LogP) is 3.26. The molecule has 0 aliphatic heterocycles. The summed E-state index contributed by atoms with van der Waals surface area (Å²) in [5, 5.41) is 10.8. The molecule has 2 N–H and O–H groups in total. The monoisotopic (exact) mass is 378 g/mol. The van der Waals surface area contributed by atoms with E-state index in [1.54, 1.807) is 48.5 Å². The largest absolute Gasteiger partial charge is 0.326 e. The van der Waals surface area contributed by atoms with Gasteiger partial charge in [0.25, 0.3) is 11.5 Å². The van der Waals surface area contributed by atoms with Crippen LogP contribution in [0.3, 0.4) is 0 Å². The zero-order chi connectivity index (χ0) is 20.3. The topological polar surface area (TPSA) is 93.1 Å². The van der Waals surface area contributed by atoms with Gasteiger partial charge in [0, 0.05) is 30.2 Å². The van der Waals surface area contributed by atoms with Crippen LogP contribution in [0.25, 0.3) is 10.8 Å². The fourth-order valence-electron chi connectivity index (χ4n) is 2.94. The van der Waals surface area contributed by atoms with Crippen molar-refractivity contribution in [3.63, 3.8) is 0 Å². The van der Waals surface area contributed by atoms with E-state index in [0.29, 0.717) is 28.7 Å². The Hall–Kier alpha value is -3.48. The maximum Gasteiger partial charge on any atom is 0.276 e. The minimum absolute atomic E-state index is 0.181. The molecule has 0 radical (unpaired) electrons. The van der Waals surface area contributed by atoms with Crippen molar-refractivity contribution < 1.29 is 9.59 Å². The van der Waals surface area contributed by atoms with Crippen LogP contribution in [0.4, 0.5) is 11.4 Å². The van der Waals surface area contributed by atoms with Gasteiger partial charge in [-0.1, -0.05) is 38.1 Å². The third-order valence-electron chi connectivity index (χ3n) is 4.06. The van der Waals surface area contributed by atoms with Crippen molar-refractivity contribution in [1.29, 1.82) is 0 Å². The lowest BCUT2D eigenvalue weighted by Crippen LogP contribution is -2.29. The quantitative estimate of drug-likeness (QED) is 0.713. The Morgan fingerprint density at radius 3 is 2.29 bits per heavy atom. The number of aromatic nitrogens is 2. The summed E-state index contributed by atoms with van der Waals surface area (Å²) < 4.78 is 1.34. The average Bonchev–Trinajstić information content (AvgIpc) is 2.63. The van der Waals surface area contributed by atoms with Crippen LogP contribution < -0.4 is 16.2 Å². The SMILES string of the molecule is CC(=O)Nc1cccc(NC(=O)c2nn(CC(C)C)c(=O)c3ccccc23)c1. The summed E-state index contributed by atoms with van der Waals surface area (Å²) in [4.78, 5) is 36.8. The molecule has 3 aromatic rings. The van der Waals surface area contributed by atoms with Crippen LogP contribution in [0.5, 0.6) is 0 Å². The summed E-state index contributed by atoms with van der Waals surface area (Å²) >= 11 is 0. The van der Waals surface area contributed by atoms with Gasteiger partial charge in [-0.05, 0) is 30.2 Å².